The molecular weight excluding hydrogens is 647 g/mol. The van der Waals surface area contributed by atoms with Crippen LogP contribution in [0.1, 0.15) is 55.8 Å². The van der Waals surface area contributed by atoms with Gasteiger partial charge in [-0.3, -0.25) is 38.9 Å². The number of rotatable bonds is 21. The summed E-state index contributed by atoms with van der Waals surface area (Å²) >= 11 is 0. The SMILES string of the molecule is C[C@H](NC(=O)[C@H](CCCN=C(N)N)NC(=O)[C@H](CCCN=C(N)N)NC(=O)[C@H](CCCN=C(N)N)NC(=O)c1cc(F)ccc1O)C(N)=O. The number of carbonyl (C=O) groups excluding carboxylic acids is 5. The molecule has 0 saturated carbocycles. The van der Waals surface area contributed by atoms with Crippen LogP contribution in [0.3, 0.4) is 0 Å². The minimum absolute atomic E-state index is 0.0229. The number of nitrogens with zero attached hydrogens (tertiary/aromatic N) is 3. The molecule has 20 nitrogen and oxygen atoms in total. The van der Waals surface area contributed by atoms with E-state index in [0.29, 0.717) is 0 Å². The van der Waals surface area contributed by atoms with E-state index in [-0.39, 0.29) is 76.0 Å². The second-order valence-electron chi connectivity index (χ2n) is 10.8. The molecule has 0 fully saturated rings. The number of nitrogens with two attached hydrogens (primary N) is 7. The number of benzene rings is 1. The number of nitrogens with one attached hydrogen (secondary N) is 4. The van der Waals surface area contributed by atoms with Crippen LogP contribution in [0.2, 0.25) is 0 Å². The van der Waals surface area contributed by atoms with Crippen molar-refractivity contribution in [1.29, 1.82) is 0 Å². The molecule has 1 rings (SSSR count). The fraction of sp³-hybridized carbons (Fsp3) is 0.500. The summed E-state index contributed by atoms with van der Waals surface area (Å²) in [4.78, 5) is 76.3. The van der Waals surface area contributed by atoms with Gasteiger partial charge in [-0.05, 0) is 63.6 Å². The van der Waals surface area contributed by atoms with E-state index in [9.17, 15) is 33.5 Å². The third-order valence-electron chi connectivity index (χ3n) is 6.71. The van der Waals surface area contributed by atoms with Crippen molar-refractivity contribution in [1.82, 2.24) is 21.3 Å². The number of primary amides is 1. The number of carbonyl (C=O) groups is 5. The summed E-state index contributed by atoms with van der Waals surface area (Å²) < 4.78 is 13.8. The zero-order valence-electron chi connectivity index (χ0n) is 27.2. The highest BCUT2D eigenvalue weighted by Gasteiger charge is 2.30. The molecule has 21 heteroatoms. The van der Waals surface area contributed by atoms with E-state index in [2.05, 4.69) is 36.2 Å². The van der Waals surface area contributed by atoms with E-state index >= 15 is 0 Å². The molecule has 0 aliphatic carbocycles. The average Bonchev–Trinajstić information content (AvgIpc) is 3.01. The van der Waals surface area contributed by atoms with Crippen molar-refractivity contribution >= 4 is 47.4 Å². The lowest BCUT2D eigenvalue weighted by molar-refractivity contribution is -0.133. The van der Waals surface area contributed by atoms with Gasteiger partial charge in [0.1, 0.15) is 35.7 Å². The normalized spacial score (nSPS) is 12.9. The Labute approximate surface area is 281 Å². The van der Waals surface area contributed by atoms with Gasteiger partial charge < -0.3 is 66.5 Å². The van der Waals surface area contributed by atoms with Crippen LogP contribution in [-0.4, -0.2) is 96.3 Å². The average molecular weight is 695 g/mol. The van der Waals surface area contributed by atoms with Crippen LogP contribution in [0.4, 0.5) is 4.39 Å². The van der Waals surface area contributed by atoms with Gasteiger partial charge in [-0.1, -0.05) is 0 Å². The van der Waals surface area contributed by atoms with Crippen molar-refractivity contribution in [3.63, 3.8) is 0 Å². The van der Waals surface area contributed by atoms with E-state index in [1.807, 2.05) is 0 Å². The van der Waals surface area contributed by atoms with Crippen molar-refractivity contribution in [3.05, 3.63) is 29.6 Å². The molecule has 19 N–H and O–H groups in total. The Balaban J connectivity index is 3.33. The largest absolute Gasteiger partial charge is 0.507 e. The summed E-state index contributed by atoms with van der Waals surface area (Å²) in [5.74, 6) is -6.10. The predicted octanol–water partition coefficient (Wildman–Crippen LogP) is -4.25. The summed E-state index contributed by atoms with van der Waals surface area (Å²) in [7, 11) is 0. The summed E-state index contributed by atoms with van der Waals surface area (Å²) in [5, 5.41) is 20.1. The Morgan fingerprint density at radius 2 is 1.06 bits per heavy atom. The van der Waals surface area contributed by atoms with Crippen LogP contribution in [-0.2, 0) is 19.2 Å². The summed E-state index contributed by atoms with van der Waals surface area (Å²) in [6, 6.07) is -2.21. The number of phenols is 1. The summed E-state index contributed by atoms with van der Waals surface area (Å²) in [6.45, 7) is 1.64. The number of halogens is 1. The van der Waals surface area contributed by atoms with Gasteiger partial charge in [0.15, 0.2) is 17.9 Å². The van der Waals surface area contributed by atoms with Gasteiger partial charge in [0, 0.05) is 19.6 Å². The molecule has 0 aliphatic rings. The quantitative estimate of drug-likeness (QED) is 0.0331. The maximum atomic E-state index is 13.8. The number of guanidine groups is 3. The molecule has 0 spiro atoms. The molecule has 5 amide bonds. The Kier molecular flexibility index (Phi) is 17.7. The van der Waals surface area contributed by atoms with E-state index < -0.39 is 70.8 Å². The molecule has 0 unspecified atom stereocenters. The Hall–Kier alpha value is -5.89. The number of amides is 5. The minimum Gasteiger partial charge on any atom is -0.507 e. The first-order chi connectivity index (χ1) is 23.0. The molecule has 49 heavy (non-hydrogen) atoms. The van der Waals surface area contributed by atoms with Crippen LogP contribution < -0.4 is 61.4 Å². The maximum Gasteiger partial charge on any atom is 0.255 e. The molecule has 1 aromatic carbocycles. The molecule has 0 aliphatic heterocycles. The first kappa shape index (κ1) is 41.1. The number of aliphatic imine (C=N–C) groups is 3. The van der Waals surface area contributed by atoms with E-state index in [1.54, 1.807) is 0 Å². The lowest BCUT2D eigenvalue weighted by Crippen LogP contribution is -2.57. The van der Waals surface area contributed by atoms with Gasteiger partial charge in [-0.25, -0.2) is 4.39 Å². The number of hydrogen-bond acceptors (Lipinski definition) is 9. The van der Waals surface area contributed by atoms with E-state index in [4.69, 9.17) is 40.1 Å². The Morgan fingerprint density at radius 3 is 1.45 bits per heavy atom. The molecule has 272 valence electrons. The minimum atomic E-state index is -1.33. The summed E-state index contributed by atoms with van der Waals surface area (Å²) in [6.07, 6.45) is 0.549. The lowest BCUT2D eigenvalue weighted by Gasteiger charge is -2.26. The van der Waals surface area contributed by atoms with E-state index in [1.165, 1.54) is 6.92 Å². The van der Waals surface area contributed by atoms with Gasteiger partial charge in [0.25, 0.3) is 5.91 Å². The van der Waals surface area contributed by atoms with Crippen LogP contribution in [0.25, 0.3) is 0 Å². The first-order valence-corrected chi connectivity index (χ1v) is 15.2. The van der Waals surface area contributed by atoms with Gasteiger partial charge >= 0.3 is 0 Å². The van der Waals surface area contributed by atoms with Gasteiger partial charge in [-0.2, -0.15) is 0 Å². The molecular formula is C28H47FN14O6. The van der Waals surface area contributed by atoms with Crippen molar-refractivity contribution in [2.45, 2.75) is 69.6 Å². The molecule has 0 bridgehead atoms. The van der Waals surface area contributed by atoms with Crippen molar-refractivity contribution < 1.29 is 33.5 Å². The van der Waals surface area contributed by atoms with Crippen molar-refractivity contribution in [3.8, 4) is 5.75 Å². The zero-order chi connectivity index (χ0) is 37.1. The second kappa shape index (κ2) is 21.1. The molecule has 0 heterocycles. The second-order valence-corrected chi connectivity index (χ2v) is 10.8. The highest BCUT2D eigenvalue weighted by molar-refractivity contribution is 6.00. The third-order valence-corrected chi connectivity index (χ3v) is 6.71. The Morgan fingerprint density at radius 1 is 0.673 bits per heavy atom. The number of aromatic hydroxyl groups is 1. The van der Waals surface area contributed by atoms with Gasteiger partial charge in [-0.15, -0.1) is 0 Å². The Bertz CT molecular complexity index is 1390. The van der Waals surface area contributed by atoms with Crippen LogP contribution in [0.15, 0.2) is 33.2 Å². The van der Waals surface area contributed by atoms with Crippen LogP contribution >= 0.6 is 0 Å². The monoisotopic (exact) mass is 694 g/mol. The number of hydrogen-bond donors (Lipinski definition) is 12. The third kappa shape index (κ3) is 16.5. The predicted molar refractivity (Wildman–Crippen MR) is 180 cm³/mol. The maximum absolute atomic E-state index is 13.8. The summed E-state index contributed by atoms with van der Waals surface area (Å²) in [5.41, 5.74) is 37.0. The highest BCUT2D eigenvalue weighted by atomic mass is 19.1. The number of phenolic OH excluding ortho intramolecular Hbond substituents is 1. The van der Waals surface area contributed by atoms with E-state index in [0.717, 1.165) is 18.2 Å². The molecule has 0 saturated heterocycles. The fourth-order valence-corrected chi connectivity index (χ4v) is 4.17. The molecule has 0 radical (unpaired) electrons. The molecule has 0 aromatic heterocycles. The van der Waals surface area contributed by atoms with Crippen molar-refractivity contribution in [2.75, 3.05) is 19.6 Å². The standard InChI is InChI=1S/C28H47FN14O6/c1-14(21(30)45)40-23(47)17(5-2-10-37-26(31)32)42-25(49)19(7-4-12-39-28(35)36)43-24(48)18(6-3-11-38-27(33)34)41-22(46)16-13-15(29)8-9-20(16)44/h8-9,13-14,17-19,44H,2-7,10-12H2,1H3,(H2,30,45)(H,40,47)(H,41,46)(H,42,49)(H,43,48)(H4,31,32,37)(H4,33,34,38)(H4,35,36,39)/t14-,17-,18-,19-/m0/s1. The first-order valence-electron chi connectivity index (χ1n) is 15.2. The molecule has 4 atom stereocenters. The van der Waals surface area contributed by atoms with Crippen LogP contribution in [0.5, 0.6) is 5.75 Å². The lowest BCUT2D eigenvalue weighted by atomic mass is 10.0. The zero-order valence-corrected chi connectivity index (χ0v) is 27.2. The van der Waals surface area contributed by atoms with Gasteiger partial charge in [0.2, 0.25) is 23.6 Å². The van der Waals surface area contributed by atoms with Crippen LogP contribution in [0, 0.1) is 5.82 Å². The topological polar surface area (TPSA) is 373 Å². The van der Waals surface area contributed by atoms with Gasteiger partial charge in [0.05, 0.1) is 5.56 Å². The van der Waals surface area contributed by atoms with Crippen molar-refractivity contribution in [2.24, 2.45) is 55.1 Å². The highest BCUT2D eigenvalue weighted by Crippen LogP contribution is 2.18. The smallest absolute Gasteiger partial charge is 0.255 e. The molecule has 1 aromatic rings. The fourth-order valence-electron chi connectivity index (χ4n) is 4.17.